The van der Waals surface area contributed by atoms with Crippen LogP contribution >= 0.6 is 0 Å². The van der Waals surface area contributed by atoms with Gasteiger partial charge in [0, 0.05) is 0 Å². The molecule has 0 N–H and O–H groups in total. The van der Waals surface area contributed by atoms with E-state index in [9.17, 15) is 25.9 Å². The Morgan fingerprint density at radius 2 is 0.457 bits per heavy atom. The van der Waals surface area contributed by atoms with Gasteiger partial charge in [-0.15, -0.1) is 0 Å². The first kappa shape index (κ1) is 75.6. The summed E-state index contributed by atoms with van der Waals surface area (Å²) < 4.78 is 72.0. The van der Waals surface area contributed by atoms with Gasteiger partial charge < -0.3 is 9.11 Å². The molecule has 0 radical (unpaired) electrons. The maximum atomic E-state index is 12.0. The topological polar surface area (TPSA) is 114 Å². The molecule has 0 saturated heterocycles. The van der Waals surface area contributed by atoms with Crippen molar-refractivity contribution in [2.75, 3.05) is 0 Å². The summed E-state index contributed by atoms with van der Waals surface area (Å²) in [6, 6.07) is 19.2. The van der Waals surface area contributed by atoms with Crippen LogP contribution in [0, 0.1) is 0 Å². The van der Waals surface area contributed by atoms with Crippen molar-refractivity contribution in [2.24, 2.45) is 0 Å². The van der Waals surface area contributed by atoms with Crippen LogP contribution in [0.4, 0.5) is 0 Å². The van der Waals surface area contributed by atoms with Crippen LogP contribution in [0.3, 0.4) is 0 Å². The van der Waals surface area contributed by atoms with E-state index in [-0.39, 0.29) is 47.5 Å². The standard InChI is InChI=1S/2C36H60O3S.Ca/c2*1-3-5-7-9-11-13-15-17-19-21-23-26-32-28-25-29-35-33(30-34(31-36(32)35)40(37,38)39)27-24-22-20-18-16-14-12-10-8-6-4-2;/h2*25,28-31H,3-24,26-27H2,1-2H3,(H,37,38,39);/q;;+2/p-2. The number of benzene rings is 4. The molecular weight excluding hydrogens is 1060 g/mol. The number of fused-ring (bicyclic) bond motifs is 2. The number of rotatable bonds is 50. The summed E-state index contributed by atoms with van der Waals surface area (Å²) >= 11 is 0. The van der Waals surface area contributed by atoms with Crippen LogP contribution in [0.15, 0.2) is 70.5 Å². The second-order valence-corrected chi connectivity index (χ2v) is 27.0. The van der Waals surface area contributed by atoms with Crippen molar-refractivity contribution in [3.63, 3.8) is 0 Å². The first-order valence-corrected chi connectivity index (χ1v) is 36.8. The van der Waals surface area contributed by atoms with Crippen LogP contribution in [0.25, 0.3) is 21.5 Å². The number of unbranched alkanes of at least 4 members (excludes halogenated alkanes) is 40. The van der Waals surface area contributed by atoms with Crippen molar-refractivity contribution >= 4 is 79.5 Å². The molecule has 0 amide bonds. The van der Waals surface area contributed by atoms with E-state index in [0.29, 0.717) is 0 Å². The third-order valence-electron chi connectivity index (χ3n) is 17.1. The second kappa shape index (κ2) is 48.6. The average Bonchev–Trinajstić information content (AvgIpc) is 3.46. The van der Waals surface area contributed by atoms with E-state index in [0.717, 1.165) is 96.9 Å². The normalized spacial score (nSPS) is 11.8. The van der Waals surface area contributed by atoms with Crippen molar-refractivity contribution < 1.29 is 25.9 Å². The van der Waals surface area contributed by atoms with E-state index in [1.54, 1.807) is 24.3 Å². The van der Waals surface area contributed by atoms with Gasteiger partial charge in [-0.3, -0.25) is 0 Å². The molecule has 456 valence electrons. The van der Waals surface area contributed by atoms with Crippen LogP contribution in [0.2, 0.25) is 0 Å². The second-order valence-electron chi connectivity index (χ2n) is 24.2. The van der Waals surface area contributed by atoms with Crippen LogP contribution in [0.1, 0.15) is 332 Å². The van der Waals surface area contributed by atoms with Crippen LogP contribution in [-0.4, -0.2) is 63.7 Å². The molecule has 0 bridgehead atoms. The molecule has 81 heavy (non-hydrogen) atoms. The van der Waals surface area contributed by atoms with Crippen LogP contribution < -0.4 is 0 Å². The Bertz CT molecular complexity index is 2230. The Morgan fingerprint density at radius 1 is 0.259 bits per heavy atom. The van der Waals surface area contributed by atoms with Crippen LogP contribution in [0.5, 0.6) is 0 Å². The molecule has 4 aromatic carbocycles. The zero-order chi connectivity index (χ0) is 57.8. The zero-order valence-electron chi connectivity index (χ0n) is 52.7. The maximum Gasteiger partial charge on any atom is 2.00 e. The summed E-state index contributed by atoms with van der Waals surface area (Å²) in [4.78, 5) is -0.131. The van der Waals surface area contributed by atoms with Gasteiger partial charge in [-0.1, -0.05) is 321 Å². The fourth-order valence-electron chi connectivity index (χ4n) is 12.1. The minimum atomic E-state index is -4.48. The van der Waals surface area contributed by atoms with Gasteiger partial charge in [0.05, 0.1) is 9.79 Å². The maximum absolute atomic E-state index is 12.0. The number of hydrogen-bond donors (Lipinski definition) is 0. The molecule has 6 nitrogen and oxygen atoms in total. The van der Waals surface area contributed by atoms with Gasteiger partial charge in [0.2, 0.25) is 0 Å². The largest absolute Gasteiger partial charge is 2.00 e. The van der Waals surface area contributed by atoms with E-state index in [4.69, 9.17) is 0 Å². The molecule has 0 aliphatic rings. The number of hydrogen-bond acceptors (Lipinski definition) is 6. The van der Waals surface area contributed by atoms with E-state index < -0.39 is 20.2 Å². The van der Waals surface area contributed by atoms with Crippen molar-refractivity contribution in [2.45, 2.75) is 346 Å². The smallest absolute Gasteiger partial charge is 0.744 e. The molecule has 0 heterocycles. The molecule has 0 aliphatic heterocycles. The summed E-state index contributed by atoms with van der Waals surface area (Å²) in [5.41, 5.74) is 4.39. The third kappa shape index (κ3) is 35.0. The summed E-state index contributed by atoms with van der Waals surface area (Å²) in [6.07, 6.45) is 60.7. The SMILES string of the molecule is CCCCCCCCCCCCCc1cc(S(=O)(=O)[O-])cc2c(CCCCCCCCCCCCC)cccc12.CCCCCCCCCCCCCc1cc(S(=O)(=O)[O-])cc2c(CCCCCCCCCCCCC)cccc12.[Ca+2]. The molecule has 0 unspecified atom stereocenters. The van der Waals surface area contributed by atoms with E-state index in [1.165, 1.54) is 255 Å². The van der Waals surface area contributed by atoms with Gasteiger partial charge in [0.25, 0.3) is 0 Å². The third-order valence-corrected chi connectivity index (χ3v) is 18.7. The van der Waals surface area contributed by atoms with Crippen molar-refractivity contribution in [3.05, 3.63) is 82.9 Å². The fourth-order valence-corrected chi connectivity index (χ4v) is 13.1. The first-order chi connectivity index (χ1) is 38.9. The number of aryl methyl sites for hydroxylation is 4. The molecule has 0 spiro atoms. The van der Waals surface area contributed by atoms with Crippen LogP contribution in [-0.2, 0) is 45.9 Å². The van der Waals surface area contributed by atoms with Crippen molar-refractivity contribution in [1.82, 2.24) is 0 Å². The molecule has 0 saturated carbocycles. The van der Waals surface area contributed by atoms with E-state index in [1.807, 2.05) is 0 Å². The Labute approximate surface area is 529 Å². The van der Waals surface area contributed by atoms with Gasteiger partial charge in [0.1, 0.15) is 20.2 Å². The Balaban J connectivity index is 0.000000547. The molecule has 4 aromatic rings. The first-order valence-electron chi connectivity index (χ1n) is 33.9. The molecule has 9 heteroatoms. The Hall–Kier alpha value is -1.52. The monoisotopic (exact) mass is 1180 g/mol. The molecule has 0 fully saturated rings. The van der Waals surface area contributed by atoms with Gasteiger partial charge >= 0.3 is 37.7 Å². The van der Waals surface area contributed by atoms with Gasteiger partial charge in [-0.25, -0.2) is 16.8 Å². The zero-order valence-corrected chi connectivity index (χ0v) is 56.5. The molecule has 0 aliphatic carbocycles. The van der Waals surface area contributed by atoms with Gasteiger partial charge in [0.15, 0.2) is 0 Å². The minimum Gasteiger partial charge on any atom is -0.744 e. The average molecular weight is 1180 g/mol. The van der Waals surface area contributed by atoms with E-state index in [2.05, 4.69) is 64.1 Å². The predicted molar refractivity (Wildman–Crippen MR) is 350 cm³/mol. The van der Waals surface area contributed by atoms with Gasteiger partial charge in [-0.2, -0.15) is 0 Å². The fraction of sp³-hybridized carbons (Fsp3) is 0.722. The van der Waals surface area contributed by atoms with Gasteiger partial charge in [-0.05, 0) is 119 Å². The Kier molecular flexibility index (Phi) is 45.3. The summed E-state index contributed by atoms with van der Waals surface area (Å²) in [5.74, 6) is 0. The van der Waals surface area contributed by atoms with Crippen molar-refractivity contribution in [3.8, 4) is 0 Å². The van der Waals surface area contributed by atoms with Crippen molar-refractivity contribution in [1.29, 1.82) is 0 Å². The molecule has 4 rings (SSSR count). The predicted octanol–water partition coefficient (Wildman–Crippen LogP) is 22.5. The van der Waals surface area contributed by atoms with E-state index >= 15 is 0 Å². The minimum absolute atomic E-state index is 0. The Morgan fingerprint density at radius 3 is 0.667 bits per heavy atom. The summed E-state index contributed by atoms with van der Waals surface area (Å²) in [6.45, 7) is 9.05. The molecule has 0 aromatic heterocycles. The quantitative estimate of drug-likeness (QED) is 0.0247. The summed E-state index contributed by atoms with van der Waals surface area (Å²) in [5, 5.41) is 4.18. The molecule has 0 atom stereocenters. The molecular formula is C72H118CaO6S2. The summed E-state index contributed by atoms with van der Waals surface area (Å²) in [7, 11) is -8.97.